The number of halogens is 1. The maximum atomic E-state index is 12.7. The highest BCUT2D eigenvalue weighted by Gasteiger charge is 2.13. The Kier molecular flexibility index (Phi) is 4.60. The largest absolute Gasteiger partial charge is 0.465 e. The van der Waals surface area contributed by atoms with E-state index in [-0.39, 0.29) is 5.91 Å². The number of hydrogen-bond acceptors (Lipinski definition) is 2. The number of carbonyl (C=O) groups excluding carboxylic acids is 1. The first kappa shape index (κ1) is 15.1. The van der Waals surface area contributed by atoms with Crippen LogP contribution in [0.3, 0.4) is 0 Å². The van der Waals surface area contributed by atoms with E-state index >= 15 is 0 Å². The Labute approximate surface area is 139 Å². The van der Waals surface area contributed by atoms with E-state index in [1.54, 1.807) is 48.7 Å². The first-order valence-electron chi connectivity index (χ1n) is 7.10. The summed E-state index contributed by atoms with van der Waals surface area (Å²) in [6.45, 7) is 0. The van der Waals surface area contributed by atoms with Gasteiger partial charge in [-0.05, 0) is 42.0 Å². The quantitative estimate of drug-likeness (QED) is 0.678. The van der Waals surface area contributed by atoms with E-state index in [2.05, 4.69) is 5.32 Å². The number of hydrogen-bond donors (Lipinski definition) is 1. The normalized spacial score (nSPS) is 11.3. The molecule has 114 valence electrons. The standard InChI is InChI=1S/C19H14ClNO2/c20-15-8-4-9-16(12-15)21-19(22)18(13-17-10-5-11-23-17)14-6-2-1-3-7-14/h1-13H,(H,21,22)/b18-13+. The molecule has 1 N–H and O–H groups in total. The number of benzene rings is 2. The van der Waals surface area contributed by atoms with Gasteiger partial charge in [0.05, 0.1) is 11.8 Å². The number of nitrogens with one attached hydrogen (secondary N) is 1. The van der Waals surface area contributed by atoms with Crippen LogP contribution in [0.5, 0.6) is 0 Å². The average Bonchev–Trinajstić information content (AvgIpc) is 3.06. The molecule has 1 heterocycles. The van der Waals surface area contributed by atoms with Gasteiger partial charge in [0.2, 0.25) is 0 Å². The molecule has 0 radical (unpaired) electrons. The average molecular weight is 324 g/mol. The molecular weight excluding hydrogens is 310 g/mol. The molecule has 0 atom stereocenters. The first-order chi connectivity index (χ1) is 11.2. The van der Waals surface area contributed by atoms with Crippen molar-refractivity contribution >= 4 is 34.8 Å². The summed E-state index contributed by atoms with van der Waals surface area (Å²) >= 11 is 5.96. The zero-order chi connectivity index (χ0) is 16.1. The third kappa shape index (κ3) is 3.90. The molecule has 3 aromatic rings. The highest BCUT2D eigenvalue weighted by molar-refractivity contribution is 6.31. The summed E-state index contributed by atoms with van der Waals surface area (Å²) in [4.78, 5) is 12.7. The highest BCUT2D eigenvalue weighted by Crippen LogP contribution is 2.22. The third-order valence-corrected chi connectivity index (χ3v) is 3.48. The van der Waals surface area contributed by atoms with E-state index in [4.69, 9.17) is 16.0 Å². The fraction of sp³-hybridized carbons (Fsp3) is 0. The molecule has 0 aliphatic rings. The zero-order valence-electron chi connectivity index (χ0n) is 12.2. The first-order valence-corrected chi connectivity index (χ1v) is 7.48. The van der Waals surface area contributed by atoms with Crippen LogP contribution in [0.25, 0.3) is 11.6 Å². The molecule has 0 unspecified atom stereocenters. The van der Waals surface area contributed by atoms with E-state index < -0.39 is 0 Å². The maximum Gasteiger partial charge on any atom is 0.256 e. The molecule has 0 fully saturated rings. The van der Waals surface area contributed by atoms with Crippen molar-refractivity contribution in [1.82, 2.24) is 0 Å². The summed E-state index contributed by atoms with van der Waals surface area (Å²) in [5.74, 6) is 0.389. The molecule has 0 aliphatic heterocycles. The summed E-state index contributed by atoms with van der Waals surface area (Å²) in [6, 6.07) is 20.1. The van der Waals surface area contributed by atoms with Gasteiger partial charge in [-0.3, -0.25) is 4.79 Å². The molecule has 0 spiro atoms. The van der Waals surface area contributed by atoms with Crippen LogP contribution < -0.4 is 5.32 Å². The Morgan fingerprint density at radius 3 is 2.52 bits per heavy atom. The van der Waals surface area contributed by atoms with Gasteiger partial charge in [0.25, 0.3) is 5.91 Å². The molecule has 0 aliphatic carbocycles. The van der Waals surface area contributed by atoms with Gasteiger partial charge < -0.3 is 9.73 Å². The number of furan rings is 1. The van der Waals surface area contributed by atoms with Gasteiger partial charge >= 0.3 is 0 Å². The second kappa shape index (κ2) is 6.99. The summed E-state index contributed by atoms with van der Waals surface area (Å²) in [7, 11) is 0. The van der Waals surface area contributed by atoms with Crippen molar-refractivity contribution in [2.45, 2.75) is 0 Å². The lowest BCUT2D eigenvalue weighted by Gasteiger charge is -2.09. The molecule has 1 aromatic heterocycles. The van der Waals surface area contributed by atoms with Gasteiger partial charge in [0.1, 0.15) is 5.76 Å². The number of anilines is 1. The zero-order valence-corrected chi connectivity index (χ0v) is 13.0. The highest BCUT2D eigenvalue weighted by atomic mass is 35.5. The van der Waals surface area contributed by atoms with Crippen LogP contribution in [0.15, 0.2) is 77.4 Å². The minimum atomic E-state index is -0.227. The minimum absolute atomic E-state index is 0.227. The molecule has 2 aromatic carbocycles. The summed E-state index contributed by atoms with van der Waals surface area (Å²) in [6.07, 6.45) is 3.29. The van der Waals surface area contributed by atoms with Crippen molar-refractivity contribution < 1.29 is 9.21 Å². The van der Waals surface area contributed by atoms with Crippen LogP contribution >= 0.6 is 11.6 Å². The maximum absolute atomic E-state index is 12.7. The molecule has 23 heavy (non-hydrogen) atoms. The van der Waals surface area contributed by atoms with Gasteiger partial charge in [-0.15, -0.1) is 0 Å². The SMILES string of the molecule is O=C(Nc1cccc(Cl)c1)/C(=C/c1ccco1)c1ccccc1. The molecular formula is C19H14ClNO2. The van der Waals surface area contributed by atoms with Crippen LogP contribution in [-0.4, -0.2) is 5.91 Å². The predicted molar refractivity (Wildman–Crippen MR) is 93.1 cm³/mol. The second-order valence-electron chi connectivity index (χ2n) is 4.90. The second-order valence-corrected chi connectivity index (χ2v) is 5.34. The predicted octanol–water partition coefficient (Wildman–Crippen LogP) is 5.11. The summed E-state index contributed by atoms with van der Waals surface area (Å²) < 4.78 is 5.33. The molecule has 3 nitrogen and oxygen atoms in total. The molecule has 0 bridgehead atoms. The lowest BCUT2D eigenvalue weighted by molar-refractivity contribution is -0.111. The van der Waals surface area contributed by atoms with E-state index in [1.807, 2.05) is 30.3 Å². The Morgan fingerprint density at radius 1 is 1.00 bits per heavy atom. The van der Waals surface area contributed by atoms with Crippen molar-refractivity contribution in [2.75, 3.05) is 5.32 Å². The lowest BCUT2D eigenvalue weighted by atomic mass is 10.0. The third-order valence-electron chi connectivity index (χ3n) is 3.24. The molecule has 0 saturated heterocycles. The Morgan fingerprint density at radius 2 is 1.83 bits per heavy atom. The van der Waals surface area contributed by atoms with E-state index in [9.17, 15) is 4.79 Å². The van der Waals surface area contributed by atoms with Crippen molar-refractivity contribution in [2.24, 2.45) is 0 Å². The van der Waals surface area contributed by atoms with Gasteiger partial charge in [0.15, 0.2) is 0 Å². The number of amides is 1. The van der Waals surface area contributed by atoms with Crippen molar-refractivity contribution in [3.05, 3.63) is 89.3 Å². The molecule has 4 heteroatoms. The number of rotatable bonds is 4. The monoisotopic (exact) mass is 323 g/mol. The summed E-state index contributed by atoms with van der Waals surface area (Å²) in [5.41, 5.74) is 1.97. The van der Waals surface area contributed by atoms with Crippen LogP contribution in [0.4, 0.5) is 5.69 Å². The van der Waals surface area contributed by atoms with Crippen molar-refractivity contribution in [3.63, 3.8) is 0 Å². The Balaban J connectivity index is 1.93. The van der Waals surface area contributed by atoms with Gasteiger partial charge in [0, 0.05) is 10.7 Å². The smallest absolute Gasteiger partial charge is 0.256 e. The fourth-order valence-corrected chi connectivity index (χ4v) is 2.37. The van der Waals surface area contributed by atoms with E-state index in [0.717, 1.165) is 5.56 Å². The van der Waals surface area contributed by atoms with E-state index in [0.29, 0.717) is 22.0 Å². The topological polar surface area (TPSA) is 42.2 Å². The molecule has 0 saturated carbocycles. The minimum Gasteiger partial charge on any atom is -0.465 e. The Hall–Kier alpha value is -2.78. The van der Waals surface area contributed by atoms with Crippen molar-refractivity contribution in [3.8, 4) is 0 Å². The van der Waals surface area contributed by atoms with Crippen LogP contribution in [0.2, 0.25) is 5.02 Å². The van der Waals surface area contributed by atoms with Gasteiger partial charge in [-0.1, -0.05) is 48.0 Å². The molecule has 3 rings (SSSR count). The van der Waals surface area contributed by atoms with Crippen LogP contribution in [0, 0.1) is 0 Å². The molecule has 1 amide bonds. The van der Waals surface area contributed by atoms with Gasteiger partial charge in [-0.2, -0.15) is 0 Å². The number of carbonyl (C=O) groups is 1. The Bertz CT molecular complexity index is 824. The lowest BCUT2D eigenvalue weighted by Crippen LogP contribution is -2.13. The summed E-state index contributed by atoms with van der Waals surface area (Å²) in [5, 5.41) is 3.43. The van der Waals surface area contributed by atoms with Crippen molar-refractivity contribution in [1.29, 1.82) is 0 Å². The van der Waals surface area contributed by atoms with Crippen LogP contribution in [-0.2, 0) is 4.79 Å². The van der Waals surface area contributed by atoms with Crippen LogP contribution in [0.1, 0.15) is 11.3 Å². The van der Waals surface area contributed by atoms with Gasteiger partial charge in [-0.25, -0.2) is 0 Å². The van der Waals surface area contributed by atoms with E-state index in [1.165, 1.54) is 0 Å². The fourth-order valence-electron chi connectivity index (χ4n) is 2.18.